The van der Waals surface area contributed by atoms with E-state index in [2.05, 4.69) is 49.0 Å². The zero-order chi connectivity index (χ0) is 22.2. The van der Waals surface area contributed by atoms with Crippen LogP contribution in [0, 0.1) is 3.57 Å². The molecule has 3 aromatic rings. The molecule has 0 aliphatic heterocycles. The van der Waals surface area contributed by atoms with E-state index in [9.17, 15) is 9.59 Å². The van der Waals surface area contributed by atoms with Crippen LogP contribution in [0.15, 0.2) is 76.3 Å². The number of nitrogens with one attached hydrogen (secondary N) is 1. The fourth-order valence-corrected chi connectivity index (χ4v) is 3.60. The molecule has 0 aliphatic rings. The first-order valence-electron chi connectivity index (χ1n) is 9.30. The number of hydrogen-bond donors (Lipinski definition) is 1. The van der Waals surface area contributed by atoms with Gasteiger partial charge in [0.2, 0.25) is 0 Å². The van der Waals surface area contributed by atoms with Crippen LogP contribution in [0.4, 0.5) is 0 Å². The molecule has 0 saturated carbocycles. The lowest BCUT2D eigenvalue weighted by molar-refractivity contribution is 0.0734. The molecule has 0 heterocycles. The Labute approximate surface area is 201 Å². The van der Waals surface area contributed by atoms with Crippen molar-refractivity contribution in [2.24, 2.45) is 5.10 Å². The van der Waals surface area contributed by atoms with Crippen molar-refractivity contribution in [2.45, 2.75) is 6.92 Å². The topological polar surface area (TPSA) is 77.0 Å². The largest absolute Gasteiger partial charge is 0.494 e. The minimum absolute atomic E-state index is 0.314. The summed E-state index contributed by atoms with van der Waals surface area (Å²) in [6.07, 6.45) is 1.43. The van der Waals surface area contributed by atoms with Gasteiger partial charge < -0.3 is 9.47 Å². The molecule has 3 aromatic carbocycles. The zero-order valence-electron chi connectivity index (χ0n) is 16.5. The number of rotatable bonds is 7. The first-order chi connectivity index (χ1) is 15.0. The summed E-state index contributed by atoms with van der Waals surface area (Å²) in [7, 11) is 0. The van der Waals surface area contributed by atoms with E-state index in [1.54, 1.807) is 54.6 Å². The average molecular weight is 593 g/mol. The third-order valence-electron chi connectivity index (χ3n) is 4.06. The fraction of sp³-hybridized carbons (Fsp3) is 0.0870. The van der Waals surface area contributed by atoms with Crippen molar-refractivity contribution in [3.8, 4) is 11.5 Å². The normalized spacial score (nSPS) is 10.7. The Hall–Kier alpha value is -2.72. The molecule has 1 N–H and O–H groups in total. The van der Waals surface area contributed by atoms with Gasteiger partial charge in [0.25, 0.3) is 5.91 Å². The van der Waals surface area contributed by atoms with Gasteiger partial charge in [-0.2, -0.15) is 5.10 Å². The lowest BCUT2D eigenvalue weighted by Crippen LogP contribution is -2.18. The lowest BCUT2D eigenvalue weighted by Gasteiger charge is -2.09. The molecule has 1 amide bonds. The van der Waals surface area contributed by atoms with Crippen LogP contribution in [0.5, 0.6) is 11.5 Å². The van der Waals surface area contributed by atoms with Crippen molar-refractivity contribution in [2.75, 3.05) is 6.61 Å². The molecular formula is C23H18BrIN2O4. The van der Waals surface area contributed by atoms with E-state index >= 15 is 0 Å². The van der Waals surface area contributed by atoms with Gasteiger partial charge in [-0.15, -0.1) is 0 Å². The number of ether oxygens (including phenoxy) is 2. The number of hydrazone groups is 1. The first kappa shape index (κ1) is 23.0. The molecule has 31 heavy (non-hydrogen) atoms. The molecule has 158 valence electrons. The Morgan fingerprint density at radius 3 is 2.55 bits per heavy atom. The fourth-order valence-electron chi connectivity index (χ4n) is 2.59. The average Bonchev–Trinajstić information content (AvgIpc) is 2.76. The van der Waals surface area contributed by atoms with E-state index in [1.807, 2.05) is 19.1 Å². The zero-order valence-corrected chi connectivity index (χ0v) is 20.2. The summed E-state index contributed by atoms with van der Waals surface area (Å²) < 4.78 is 12.5. The van der Waals surface area contributed by atoms with Crippen molar-refractivity contribution < 1.29 is 19.1 Å². The second-order valence-corrected chi connectivity index (χ2v) is 8.29. The predicted octanol–water partition coefficient (Wildman–Crippen LogP) is 5.44. The molecule has 0 fully saturated rings. The molecule has 0 saturated heterocycles. The number of hydrogen-bond acceptors (Lipinski definition) is 5. The Bertz CT molecular complexity index is 1120. The maximum atomic E-state index is 12.5. The minimum Gasteiger partial charge on any atom is -0.494 e. The summed E-state index contributed by atoms with van der Waals surface area (Å²) in [5.41, 5.74) is 3.93. The monoisotopic (exact) mass is 592 g/mol. The van der Waals surface area contributed by atoms with Gasteiger partial charge in [0, 0.05) is 13.6 Å². The summed E-state index contributed by atoms with van der Waals surface area (Å²) in [6.45, 7) is 2.44. The van der Waals surface area contributed by atoms with Crippen LogP contribution in [0.3, 0.4) is 0 Å². The molecule has 0 unspecified atom stereocenters. The van der Waals surface area contributed by atoms with Crippen LogP contribution in [0.1, 0.15) is 33.2 Å². The van der Waals surface area contributed by atoms with Gasteiger partial charge >= 0.3 is 5.97 Å². The van der Waals surface area contributed by atoms with E-state index in [1.165, 1.54) is 6.21 Å². The SMILES string of the molecule is CCOc1ccc(C(=O)Oc2ccc(Br)cc2C=NNC(=O)c2ccccc2I)cc1. The van der Waals surface area contributed by atoms with E-state index in [-0.39, 0.29) is 5.91 Å². The smallest absolute Gasteiger partial charge is 0.343 e. The molecular weight excluding hydrogens is 575 g/mol. The first-order valence-corrected chi connectivity index (χ1v) is 11.2. The highest BCUT2D eigenvalue weighted by atomic mass is 127. The van der Waals surface area contributed by atoms with Crippen molar-refractivity contribution in [1.82, 2.24) is 5.43 Å². The van der Waals surface area contributed by atoms with Gasteiger partial charge in [-0.3, -0.25) is 4.79 Å². The molecule has 0 atom stereocenters. The third-order valence-corrected chi connectivity index (χ3v) is 5.50. The number of nitrogens with zero attached hydrogens (tertiary/aromatic N) is 1. The summed E-state index contributed by atoms with van der Waals surface area (Å²) in [5, 5.41) is 4.02. The maximum Gasteiger partial charge on any atom is 0.343 e. The van der Waals surface area contributed by atoms with Gasteiger partial charge in [-0.25, -0.2) is 10.2 Å². The molecule has 0 bridgehead atoms. The molecule has 6 nitrogen and oxygen atoms in total. The van der Waals surface area contributed by atoms with Gasteiger partial charge in [0.15, 0.2) is 0 Å². The third kappa shape index (κ3) is 6.38. The summed E-state index contributed by atoms with van der Waals surface area (Å²) >= 11 is 5.48. The number of halogens is 2. The van der Waals surface area contributed by atoms with E-state index < -0.39 is 5.97 Å². The predicted molar refractivity (Wildman–Crippen MR) is 131 cm³/mol. The number of esters is 1. The van der Waals surface area contributed by atoms with Crippen molar-refractivity contribution in [1.29, 1.82) is 0 Å². The Balaban J connectivity index is 1.72. The number of benzene rings is 3. The highest BCUT2D eigenvalue weighted by Gasteiger charge is 2.12. The lowest BCUT2D eigenvalue weighted by atomic mass is 10.2. The van der Waals surface area contributed by atoms with Crippen molar-refractivity contribution >= 4 is 56.6 Å². The molecule has 8 heteroatoms. The number of carbonyl (C=O) groups excluding carboxylic acids is 2. The van der Waals surface area contributed by atoms with E-state index in [0.29, 0.717) is 34.8 Å². The molecule has 0 radical (unpaired) electrons. The summed E-state index contributed by atoms with van der Waals surface area (Å²) in [6, 6.07) is 19.0. The van der Waals surface area contributed by atoms with Gasteiger partial charge in [-0.05, 0) is 84.1 Å². The van der Waals surface area contributed by atoms with Crippen molar-refractivity contribution in [3.63, 3.8) is 0 Å². The summed E-state index contributed by atoms with van der Waals surface area (Å²) in [4.78, 5) is 24.8. The summed E-state index contributed by atoms with van der Waals surface area (Å²) in [5.74, 6) is 0.154. The Morgan fingerprint density at radius 2 is 1.84 bits per heavy atom. The minimum atomic E-state index is -0.511. The highest BCUT2D eigenvalue weighted by Crippen LogP contribution is 2.23. The van der Waals surface area contributed by atoms with Crippen LogP contribution in [-0.4, -0.2) is 24.7 Å². The second kappa shape index (κ2) is 11.1. The molecule has 3 rings (SSSR count). The van der Waals surface area contributed by atoms with Crippen molar-refractivity contribution in [3.05, 3.63) is 91.5 Å². The Kier molecular flexibility index (Phi) is 8.19. The van der Waals surface area contributed by atoms with Gasteiger partial charge in [-0.1, -0.05) is 28.1 Å². The number of amides is 1. The van der Waals surface area contributed by atoms with Crippen LogP contribution in [0.2, 0.25) is 0 Å². The van der Waals surface area contributed by atoms with Crippen LogP contribution < -0.4 is 14.9 Å². The highest BCUT2D eigenvalue weighted by molar-refractivity contribution is 14.1. The van der Waals surface area contributed by atoms with Crippen LogP contribution in [0.25, 0.3) is 0 Å². The van der Waals surface area contributed by atoms with E-state index in [4.69, 9.17) is 9.47 Å². The number of carbonyl (C=O) groups is 2. The van der Waals surface area contributed by atoms with Crippen LogP contribution >= 0.6 is 38.5 Å². The maximum absolute atomic E-state index is 12.5. The second-order valence-electron chi connectivity index (χ2n) is 6.21. The molecule has 0 aromatic heterocycles. The quantitative estimate of drug-likeness (QED) is 0.130. The molecule has 0 spiro atoms. The van der Waals surface area contributed by atoms with Gasteiger partial charge in [0.1, 0.15) is 11.5 Å². The Morgan fingerprint density at radius 1 is 1.10 bits per heavy atom. The van der Waals surface area contributed by atoms with E-state index in [0.717, 1.165) is 8.04 Å². The molecule has 0 aliphatic carbocycles. The van der Waals surface area contributed by atoms with Crippen LogP contribution in [-0.2, 0) is 0 Å². The van der Waals surface area contributed by atoms with Gasteiger partial charge in [0.05, 0.1) is 23.9 Å². The standard InChI is InChI=1S/C23H18BrIN2O4/c1-2-30-18-10-7-15(8-11-18)23(29)31-21-12-9-17(24)13-16(21)14-26-27-22(28)19-5-3-4-6-20(19)25/h3-14H,2H2,1H3,(H,27,28).